The summed E-state index contributed by atoms with van der Waals surface area (Å²) < 4.78 is 10.7. The summed E-state index contributed by atoms with van der Waals surface area (Å²) in [4.78, 5) is 13.0. The molecule has 1 N–H and O–H groups in total. The van der Waals surface area contributed by atoms with Gasteiger partial charge in [0, 0.05) is 25.9 Å². The summed E-state index contributed by atoms with van der Waals surface area (Å²) in [5.41, 5.74) is 1.36. The summed E-state index contributed by atoms with van der Waals surface area (Å²) in [5.74, 6) is -0.895. The third-order valence-electron chi connectivity index (χ3n) is 3.27. The van der Waals surface area contributed by atoms with E-state index in [2.05, 4.69) is 4.90 Å². The molecule has 0 amide bonds. The van der Waals surface area contributed by atoms with Crippen LogP contribution in [0, 0.1) is 0 Å². The quantitative estimate of drug-likeness (QED) is 0.792. The highest BCUT2D eigenvalue weighted by atomic mass is 16.5. The van der Waals surface area contributed by atoms with Crippen molar-refractivity contribution in [1.29, 1.82) is 0 Å². The van der Waals surface area contributed by atoms with Gasteiger partial charge < -0.3 is 19.5 Å². The number of anilines is 1. The molecule has 1 aliphatic rings. The van der Waals surface area contributed by atoms with Crippen LogP contribution in [0.3, 0.4) is 0 Å². The molecule has 2 rings (SSSR count). The summed E-state index contributed by atoms with van der Waals surface area (Å²) in [6.45, 7) is 3.01. The van der Waals surface area contributed by atoms with E-state index in [1.165, 1.54) is 0 Å². The Kier molecular flexibility index (Phi) is 4.76. The molecule has 1 fully saturated rings. The lowest BCUT2D eigenvalue weighted by Gasteiger charge is -2.18. The predicted octanol–water partition coefficient (Wildman–Crippen LogP) is 1.63. The second-order valence-electron chi connectivity index (χ2n) is 4.57. The van der Waals surface area contributed by atoms with Crippen LogP contribution < -0.4 is 4.90 Å². The Morgan fingerprint density at radius 1 is 1.37 bits per heavy atom. The van der Waals surface area contributed by atoms with Gasteiger partial charge >= 0.3 is 5.97 Å². The number of nitrogens with zero attached hydrogens (tertiary/aromatic N) is 1. The number of hydrogen-bond donors (Lipinski definition) is 1. The van der Waals surface area contributed by atoms with Gasteiger partial charge in [-0.05, 0) is 30.7 Å². The minimum absolute atomic E-state index is 0.231. The van der Waals surface area contributed by atoms with Crippen LogP contribution >= 0.6 is 0 Å². The SMILES string of the molecule is COCCO[C@H]1CCN(c2ccc(C(=O)O)cc2)C1. The first-order chi connectivity index (χ1) is 9.20. The van der Waals surface area contributed by atoms with Crippen molar-refractivity contribution >= 4 is 11.7 Å². The number of carboxylic acid groups (broad SMARTS) is 1. The molecule has 19 heavy (non-hydrogen) atoms. The molecule has 5 heteroatoms. The number of rotatable bonds is 6. The molecule has 1 aromatic carbocycles. The molecular formula is C14H19NO4. The standard InChI is InChI=1S/C14H19NO4/c1-18-8-9-19-13-6-7-15(10-13)12-4-2-11(3-5-12)14(16)17/h2-5,13H,6-10H2,1H3,(H,16,17)/t13-/m0/s1. The van der Waals surface area contributed by atoms with Gasteiger partial charge in [-0.25, -0.2) is 4.79 Å². The molecule has 5 nitrogen and oxygen atoms in total. The van der Waals surface area contributed by atoms with E-state index in [1.807, 2.05) is 12.1 Å². The number of carboxylic acids is 1. The second-order valence-corrected chi connectivity index (χ2v) is 4.57. The lowest BCUT2D eigenvalue weighted by atomic mass is 10.2. The van der Waals surface area contributed by atoms with Crippen LogP contribution in [0.25, 0.3) is 0 Å². The van der Waals surface area contributed by atoms with Gasteiger partial charge in [-0.3, -0.25) is 0 Å². The Morgan fingerprint density at radius 3 is 2.74 bits per heavy atom. The molecule has 0 aromatic heterocycles. The Hall–Kier alpha value is -1.59. The van der Waals surface area contributed by atoms with Crippen LogP contribution in [-0.2, 0) is 9.47 Å². The lowest BCUT2D eigenvalue weighted by Crippen LogP contribution is -2.23. The molecule has 0 aliphatic carbocycles. The first-order valence-electron chi connectivity index (χ1n) is 6.39. The molecule has 0 bridgehead atoms. The van der Waals surface area contributed by atoms with Crippen LogP contribution in [0.15, 0.2) is 24.3 Å². The number of methoxy groups -OCH3 is 1. The van der Waals surface area contributed by atoms with Crippen molar-refractivity contribution in [3.8, 4) is 0 Å². The highest BCUT2D eigenvalue weighted by Crippen LogP contribution is 2.22. The first-order valence-corrected chi connectivity index (χ1v) is 6.39. The Labute approximate surface area is 112 Å². The van der Waals surface area contributed by atoms with Gasteiger partial charge in [0.1, 0.15) is 0 Å². The fourth-order valence-electron chi connectivity index (χ4n) is 2.21. The van der Waals surface area contributed by atoms with Gasteiger partial charge in [-0.1, -0.05) is 0 Å². The average molecular weight is 265 g/mol. The maximum absolute atomic E-state index is 10.8. The maximum atomic E-state index is 10.8. The van der Waals surface area contributed by atoms with Crippen molar-refractivity contribution in [3.05, 3.63) is 29.8 Å². The number of ether oxygens (including phenoxy) is 2. The molecule has 0 spiro atoms. The molecule has 0 unspecified atom stereocenters. The lowest BCUT2D eigenvalue weighted by molar-refractivity contribution is 0.0280. The van der Waals surface area contributed by atoms with Crippen LogP contribution in [0.2, 0.25) is 0 Å². The summed E-state index contributed by atoms with van der Waals surface area (Å²) in [6.07, 6.45) is 1.22. The topological polar surface area (TPSA) is 59.0 Å². The summed E-state index contributed by atoms with van der Waals surface area (Å²) in [5, 5.41) is 8.86. The van der Waals surface area contributed by atoms with Gasteiger partial charge in [0.15, 0.2) is 0 Å². The third-order valence-corrected chi connectivity index (χ3v) is 3.27. The Balaban J connectivity index is 1.88. The van der Waals surface area contributed by atoms with Gasteiger partial charge in [0.25, 0.3) is 0 Å². The van der Waals surface area contributed by atoms with E-state index in [4.69, 9.17) is 14.6 Å². The van der Waals surface area contributed by atoms with Gasteiger partial charge in [0.2, 0.25) is 0 Å². The monoisotopic (exact) mass is 265 g/mol. The van der Waals surface area contributed by atoms with Crippen molar-refractivity contribution in [2.45, 2.75) is 12.5 Å². The first kappa shape index (κ1) is 13.8. The van der Waals surface area contributed by atoms with E-state index in [9.17, 15) is 4.79 Å². The zero-order chi connectivity index (χ0) is 13.7. The fourth-order valence-corrected chi connectivity index (χ4v) is 2.21. The molecule has 1 saturated heterocycles. The summed E-state index contributed by atoms with van der Waals surface area (Å²) in [6, 6.07) is 6.97. The molecule has 1 aromatic rings. The van der Waals surface area contributed by atoms with E-state index in [0.29, 0.717) is 18.8 Å². The van der Waals surface area contributed by atoms with Gasteiger partial charge in [-0.2, -0.15) is 0 Å². The number of hydrogen-bond acceptors (Lipinski definition) is 4. The van der Waals surface area contributed by atoms with Crippen LogP contribution in [-0.4, -0.2) is 50.6 Å². The zero-order valence-electron chi connectivity index (χ0n) is 11.0. The van der Waals surface area contributed by atoms with E-state index in [1.54, 1.807) is 19.2 Å². The van der Waals surface area contributed by atoms with E-state index in [0.717, 1.165) is 25.2 Å². The van der Waals surface area contributed by atoms with Crippen molar-refractivity contribution in [1.82, 2.24) is 0 Å². The molecule has 1 heterocycles. The van der Waals surface area contributed by atoms with Crippen LogP contribution in [0.5, 0.6) is 0 Å². The number of benzene rings is 1. The molecular weight excluding hydrogens is 246 g/mol. The average Bonchev–Trinajstić information content (AvgIpc) is 2.88. The number of carbonyl (C=O) groups is 1. The maximum Gasteiger partial charge on any atom is 0.335 e. The van der Waals surface area contributed by atoms with Gasteiger partial charge in [-0.15, -0.1) is 0 Å². The summed E-state index contributed by atoms with van der Waals surface area (Å²) >= 11 is 0. The molecule has 1 atom stereocenters. The second kappa shape index (κ2) is 6.54. The zero-order valence-corrected chi connectivity index (χ0v) is 11.0. The molecule has 0 radical (unpaired) electrons. The largest absolute Gasteiger partial charge is 0.478 e. The van der Waals surface area contributed by atoms with Gasteiger partial charge in [0.05, 0.1) is 24.9 Å². The molecule has 1 aliphatic heterocycles. The minimum Gasteiger partial charge on any atom is -0.478 e. The predicted molar refractivity (Wildman–Crippen MR) is 71.8 cm³/mol. The van der Waals surface area contributed by atoms with E-state index < -0.39 is 5.97 Å². The van der Waals surface area contributed by atoms with E-state index >= 15 is 0 Å². The van der Waals surface area contributed by atoms with Crippen molar-refractivity contribution in [2.75, 3.05) is 38.3 Å². The number of aromatic carboxylic acids is 1. The highest BCUT2D eigenvalue weighted by molar-refractivity contribution is 5.88. The minimum atomic E-state index is -0.895. The van der Waals surface area contributed by atoms with Crippen LogP contribution in [0.1, 0.15) is 16.8 Å². The summed E-state index contributed by atoms with van der Waals surface area (Å²) in [7, 11) is 1.66. The highest BCUT2D eigenvalue weighted by Gasteiger charge is 2.23. The third kappa shape index (κ3) is 3.68. The van der Waals surface area contributed by atoms with Crippen molar-refractivity contribution in [2.24, 2.45) is 0 Å². The van der Waals surface area contributed by atoms with Crippen LogP contribution in [0.4, 0.5) is 5.69 Å². The van der Waals surface area contributed by atoms with E-state index in [-0.39, 0.29) is 6.10 Å². The van der Waals surface area contributed by atoms with Crippen molar-refractivity contribution in [3.63, 3.8) is 0 Å². The molecule has 104 valence electrons. The fraction of sp³-hybridized carbons (Fsp3) is 0.500. The smallest absolute Gasteiger partial charge is 0.335 e. The Morgan fingerprint density at radius 2 is 2.11 bits per heavy atom. The van der Waals surface area contributed by atoms with Crippen molar-refractivity contribution < 1.29 is 19.4 Å². The Bertz CT molecular complexity index is 418. The molecule has 0 saturated carbocycles. The normalized spacial score (nSPS) is 18.8.